The first kappa shape index (κ1) is 113. The standard InChI is InChI=1S/3C26H33Cl2N3O4S.C25H31Cl2N3O4S/c1-2-36(33,34)31-20-4-3-18(11-20)26(32)14-21-13-23(25(28)16-30-21)22-12-19(5-6-24(22)27)29-15-17-7-9-35-10-8-17;2*1-2-36(33,34)31-9-3-4-19(17-31)26(32)14-21-13-23(25(28)16-30-21)22-12-20(5-6-24(22)27)29-15-18-7-10-35-11-8-18;1-35(32,33)30-8-2-3-18(16-30)25(31)13-20-12-22(24(27)15-29-20)21-11-19(4-5-23(21)26)28-14-17-6-9-34-10-7-17/h5-6,12-13,16-18,20,29,31H,2-4,7-11,14-15H2,1H3;2*5-6,12-13,16,18-19,29H,2-4,7-11,14-15,17H2,1H3;4-5,11-12,15,17-18,28H,2-3,6-10,13-14,16H2,1H3/t18-,20+;2*19-;18-/m0000/s1. The minimum absolute atomic E-state index is 0.00949. The van der Waals surface area contributed by atoms with Crippen LogP contribution >= 0.6 is 92.8 Å². The van der Waals surface area contributed by atoms with E-state index in [9.17, 15) is 52.8 Å². The highest BCUT2D eigenvalue weighted by atomic mass is 35.5. The number of carbonyl (C=O) groups excluding carboxylic acids is 4. The van der Waals surface area contributed by atoms with Gasteiger partial charge in [-0.05, 0) is 251 Å². The summed E-state index contributed by atoms with van der Waals surface area (Å²) in [5, 5.41) is 18.1. The Labute approximate surface area is 882 Å². The van der Waals surface area contributed by atoms with E-state index in [2.05, 4.69) is 45.9 Å². The van der Waals surface area contributed by atoms with Crippen molar-refractivity contribution in [3.8, 4) is 44.5 Å². The molecule has 7 aliphatic heterocycles. The quantitative estimate of drug-likeness (QED) is 0.0243. The van der Waals surface area contributed by atoms with Crippen LogP contribution in [0.15, 0.2) is 122 Å². The first-order chi connectivity index (χ1) is 68.5. The molecule has 16 rings (SSSR count). The predicted molar refractivity (Wildman–Crippen MR) is 572 cm³/mol. The molecule has 5 N–H and O–H groups in total. The number of hydrogen-bond acceptors (Lipinski definition) is 24. The summed E-state index contributed by atoms with van der Waals surface area (Å²) in [4.78, 5) is 69.6. The SMILES string of the molecule is CCS(=O)(=O)N1CCC[C@H](C(=O)Cc2cc(-c3cc(NCC4CCOCC4)ccc3Cl)c(Cl)cn2)C1.CCS(=O)(=O)N1CCC[C@H](C(=O)Cc2cc(-c3cc(NCC4CCOCC4)ccc3Cl)c(Cl)cn2)C1.CCS(=O)(=O)N[C@@H]1CC[C@H](C(=O)Cc2cc(-c3cc(NCC4CCOCC4)ccc3Cl)c(Cl)cn2)C1.CS(=O)(=O)N1CCC[C@H](C(=O)Cc2cc(-c3cc(NCC4CCOCC4)ccc3Cl)c(Cl)cn2)C1. The fourth-order valence-electron chi connectivity index (χ4n) is 19.2. The summed E-state index contributed by atoms with van der Waals surface area (Å²) in [6.07, 6.45) is 22.2. The summed E-state index contributed by atoms with van der Waals surface area (Å²) >= 11 is 52.2. The minimum atomic E-state index is -3.31. The number of pyridine rings is 4. The van der Waals surface area contributed by atoms with Crippen molar-refractivity contribution in [2.24, 2.45) is 47.3 Å². The molecule has 0 radical (unpaired) electrons. The maximum absolute atomic E-state index is 13.1. The van der Waals surface area contributed by atoms with E-state index >= 15 is 0 Å². The zero-order valence-electron chi connectivity index (χ0n) is 81.3. The number of sulfonamides is 4. The molecule has 8 fully saturated rings. The van der Waals surface area contributed by atoms with Gasteiger partial charge in [-0.2, -0.15) is 0 Å². The molecule has 4 aromatic carbocycles. The van der Waals surface area contributed by atoms with Crippen molar-refractivity contribution in [2.45, 2.75) is 162 Å². The first-order valence-corrected chi connectivity index (χ1v) is 59.3. The van der Waals surface area contributed by atoms with E-state index in [1.54, 1.807) is 51.6 Å². The number of nitrogens with one attached hydrogen (secondary N) is 5. The molecular weight excluding hydrogens is 2070 g/mol. The monoisotopic (exact) mass is 2200 g/mol. The molecule has 778 valence electrons. The summed E-state index contributed by atoms with van der Waals surface area (Å²) in [7, 11) is -13.2. The van der Waals surface area contributed by atoms with Crippen LogP contribution in [0.3, 0.4) is 0 Å². The first-order valence-electron chi connectivity index (χ1n) is 49.5. The van der Waals surface area contributed by atoms with Gasteiger partial charge in [-0.3, -0.25) is 39.1 Å². The Bertz CT molecular complexity index is 6020. The van der Waals surface area contributed by atoms with Gasteiger partial charge in [-0.25, -0.2) is 51.3 Å². The predicted octanol–water partition coefficient (Wildman–Crippen LogP) is 19.9. The molecular formula is C103H130Cl8N12O16S4. The number of aromatic nitrogens is 4. The summed E-state index contributed by atoms with van der Waals surface area (Å²) in [5.74, 6) is 1.26. The van der Waals surface area contributed by atoms with E-state index in [1.807, 2.05) is 91.0 Å². The number of piperidine rings is 3. The van der Waals surface area contributed by atoms with E-state index in [-0.39, 0.29) is 115 Å². The van der Waals surface area contributed by atoms with Crippen molar-refractivity contribution in [3.05, 3.63) is 185 Å². The summed E-state index contributed by atoms with van der Waals surface area (Å²) < 4.78 is 125. The smallest absolute Gasteiger partial charge is 0.213 e. The Hall–Kier alpha value is -6.84. The molecule has 28 nitrogen and oxygen atoms in total. The third-order valence-corrected chi connectivity index (χ3v) is 36.9. The van der Waals surface area contributed by atoms with Crippen molar-refractivity contribution in [3.63, 3.8) is 0 Å². The summed E-state index contributed by atoms with van der Waals surface area (Å²) in [5.41, 5.74) is 12.2. The Morgan fingerprint density at radius 1 is 0.329 bits per heavy atom. The molecule has 1 aliphatic carbocycles. The van der Waals surface area contributed by atoms with Gasteiger partial charge in [0.2, 0.25) is 40.1 Å². The highest BCUT2D eigenvalue weighted by Gasteiger charge is 2.37. The molecule has 4 aromatic heterocycles. The van der Waals surface area contributed by atoms with Gasteiger partial charge in [0.05, 0.1) is 43.6 Å². The van der Waals surface area contributed by atoms with Crippen LogP contribution in [-0.4, -0.2) is 238 Å². The Morgan fingerprint density at radius 2 is 0.587 bits per heavy atom. The lowest BCUT2D eigenvalue weighted by atomic mass is 9.92. The van der Waals surface area contributed by atoms with Crippen molar-refractivity contribution in [1.29, 1.82) is 0 Å². The summed E-state index contributed by atoms with van der Waals surface area (Å²) in [6, 6.07) is 30.1. The van der Waals surface area contributed by atoms with Gasteiger partial charge in [0.25, 0.3) is 0 Å². The van der Waals surface area contributed by atoms with Crippen LogP contribution in [-0.2, 0) is 104 Å². The number of benzene rings is 4. The van der Waals surface area contributed by atoms with Gasteiger partial charge >= 0.3 is 0 Å². The van der Waals surface area contributed by atoms with Gasteiger partial charge in [0.15, 0.2) is 0 Å². The van der Waals surface area contributed by atoms with Crippen molar-refractivity contribution >= 4 is 179 Å². The highest BCUT2D eigenvalue weighted by Crippen LogP contribution is 2.43. The number of halogens is 8. The van der Waals surface area contributed by atoms with Crippen LogP contribution in [0, 0.1) is 47.3 Å². The van der Waals surface area contributed by atoms with Crippen molar-refractivity contribution < 1.29 is 71.8 Å². The third kappa shape index (κ3) is 33.3. The topological polar surface area (TPSA) is 363 Å². The summed E-state index contributed by atoms with van der Waals surface area (Å²) in [6.45, 7) is 16.9. The van der Waals surface area contributed by atoms with Crippen LogP contribution in [0.25, 0.3) is 44.5 Å². The molecule has 1 saturated carbocycles. The molecule has 11 heterocycles. The molecule has 5 atom stereocenters. The van der Waals surface area contributed by atoms with Gasteiger partial charge in [0.1, 0.15) is 23.1 Å². The highest BCUT2D eigenvalue weighted by molar-refractivity contribution is 7.89. The lowest BCUT2D eigenvalue weighted by molar-refractivity contribution is -0.124. The van der Waals surface area contributed by atoms with Crippen molar-refractivity contribution in [1.82, 2.24) is 37.6 Å². The normalized spacial score (nSPS) is 20.2. The number of nitrogens with zero attached hydrogens (tertiary/aromatic N) is 7. The van der Waals surface area contributed by atoms with E-state index in [0.717, 1.165) is 181 Å². The maximum atomic E-state index is 13.1. The van der Waals surface area contributed by atoms with Gasteiger partial charge in [0, 0.05) is 309 Å². The molecule has 143 heavy (non-hydrogen) atoms. The molecule has 0 bridgehead atoms. The van der Waals surface area contributed by atoms with Gasteiger partial charge < -0.3 is 40.2 Å². The Morgan fingerprint density at radius 3 is 0.853 bits per heavy atom. The van der Waals surface area contributed by atoms with E-state index in [1.165, 1.54) is 19.2 Å². The number of ketones is 4. The Balaban J connectivity index is 0.000000160. The van der Waals surface area contributed by atoms with Crippen LogP contribution < -0.4 is 26.0 Å². The molecule has 8 aromatic rings. The fourth-order valence-corrected chi connectivity index (χ4v) is 25.0. The Kier molecular flexibility index (Phi) is 42.8. The molecule has 40 heteroatoms. The van der Waals surface area contributed by atoms with E-state index in [0.29, 0.717) is 181 Å². The number of Topliss-reactive ketones (excluding diaryl/α,β-unsaturated/α-hetero) is 4. The minimum Gasteiger partial charge on any atom is -0.385 e. The average Bonchev–Trinajstić information content (AvgIpc) is 0.903. The molecule has 0 unspecified atom stereocenters. The number of hydrogen-bond donors (Lipinski definition) is 5. The van der Waals surface area contributed by atoms with Crippen LogP contribution in [0.4, 0.5) is 22.7 Å². The number of carbonyl (C=O) groups is 4. The fraction of sp³-hybridized carbons (Fsp3) is 0.534. The number of anilines is 4. The van der Waals surface area contributed by atoms with E-state index in [4.69, 9.17) is 112 Å². The van der Waals surface area contributed by atoms with Crippen LogP contribution in [0.1, 0.15) is 153 Å². The second-order valence-corrected chi connectivity index (χ2v) is 49.9. The number of rotatable bonds is 36. The second kappa shape index (κ2) is 54.0. The molecule has 0 amide bonds. The van der Waals surface area contributed by atoms with Crippen molar-refractivity contribution in [2.75, 3.05) is 163 Å². The lowest BCUT2D eigenvalue weighted by Crippen LogP contribution is -2.43. The second-order valence-electron chi connectivity index (χ2n) is 38.1. The van der Waals surface area contributed by atoms with Gasteiger partial charge in [-0.1, -0.05) is 92.8 Å². The molecule has 0 spiro atoms. The van der Waals surface area contributed by atoms with Crippen LogP contribution in [0.5, 0.6) is 0 Å². The third-order valence-electron chi connectivity index (χ3n) is 28.0. The zero-order chi connectivity index (χ0) is 102. The van der Waals surface area contributed by atoms with Gasteiger partial charge in [-0.15, -0.1) is 0 Å². The lowest BCUT2D eigenvalue weighted by Gasteiger charge is -2.30. The molecule has 7 saturated heterocycles. The molecule has 8 aliphatic rings. The zero-order valence-corrected chi connectivity index (χ0v) is 90.6. The largest absolute Gasteiger partial charge is 0.385 e. The van der Waals surface area contributed by atoms with E-state index < -0.39 is 40.1 Å². The maximum Gasteiger partial charge on any atom is 0.213 e. The van der Waals surface area contributed by atoms with Crippen LogP contribution in [0.2, 0.25) is 40.2 Å². The number of ether oxygens (including phenoxy) is 4. The average molecular weight is 2200 g/mol.